The first kappa shape index (κ1) is 13.4. The Labute approximate surface area is 114 Å². The molecule has 4 heteroatoms. The van der Waals surface area contributed by atoms with Gasteiger partial charge in [-0.25, -0.2) is 9.98 Å². The van der Waals surface area contributed by atoms with Crippen LogP contribution in [0.2, 0.25) is 0 Å². The standard InChI is InChI=1S/C13H20Cl2N2/c14-10-1-5-12(6-2-10)16-9-17-13-7-3-11(15)4-8-13/h10-13H,1-8H2. The average molecular weight is 275 g/mol. The smallest absolute Gasteiger partial charge is 0.0898 e. The highest BCUT2D eigenvalue weighted by Gasteiger charge is 2.19. The summed E-state index contributed by atoms with van der Waals surface area (Å²) in [6.07, 6.45) is 8.67. The minimum absolute atomic E-state index is 0.359. The summed E-state index contributed by atoms with van der Waals surface area (Å²) < 4.78 is 0. The molecule has 0 saturated heterocycles. The molecule has 0 atom stereocenters. The van der Waals surface area contributed by atoms with Gasteiger partial charge in [-0.3, -0.25) is 0 Å². The van der Waals surface area contributed by atoms with Gasteiger partial charge in [0.1, 0.15) is 0 Å². The highest BCUT2D eigenvalue weighted by atomic mass is 35.5. The van der Waals surface area contributed by atoms with E-state index >= 15 is 0 Å². The Bertz CT molecular complexity index is 258. The molecule has 0 aromatic carbocycles. The topological polar surface area (TPSA) is 24.7 Å². The van der Waals surface area contributed by atoms with E-state index in [9.17, 15) is 0 Å². The second-order valence-electron chi connectivity index (χ2n) is 5.17. The SMILES string of the molecule is ClC1CCC(N=C=NC2CCC(Cl)CC2)CC1. The van der Waals surface area contributed by atoms with Crippen LogP contribution < -0.4 is 0 Å². The van der Waals surface area contributed by atoms with Gasteiger partial charge in [0.25, 0.3) is 0 Å². The van der Waals surface area contributed by atoms with Gasteiger partial charge >= 0.3 is 0 Å². The summed E-state index contributed by atoms with van der Waals surface area (Å²) in [4.78, 5) is 8.84. The van der Waals surface area contributed by atoms with Gasteiger partial charge in [-0.1, -0.05) is 0 Å². The fourth-order valence-electron chi connectivity index (χ4n) is 2.53. The predicted molar refractivity (Wildman–Crippen MR) is 73.7 cm³/mol. The maximum absolute atomic E-state index is 6.05. The van der Waals surface area contributed by atoms with E-state index in [0.717, 1.165) is 51.4 Å². The summed E-state index contributed by atoms with van der Waals surface area (Å²) in [5, 5.41) is 0.717. The number of hydrogen-bond acceptors (Lipinski definition) is 2. The Morgan fingerprint density at radius 1 is 0.647 bits per heavy atom. The summed E-state index contributed by atoms with van der Waals surface area (Å²) in [6, 6.07) is 3.72. The maximum atomic E-state index is 6.05. The van der Waals surface area contributed by atoms with Gasteiger partial charge in [0.05, 0.1) is 18.1 Å². The van der Waals surface area contributed by atoms with E-state index in [0.29, 0.717) is 22.8 Å². The summed E-state index contributed by atoms with van der Waals surface area (Å²) >= 11 is 12.1. The second kappa shape index (κ2) is 6.78. The van der Waals surface area contributed by atoms with E-state index in [2.05, 4.69) is 16.0 Å². The molecule has 0 bridgehead atoms. The monoisotopic (exact) mass is 274 g/mol. The van der Waals surface area contributed by atoms with Crippen molar-refractivity contribution < 1.29 is 0 Å². The highest BCUT2D eigenvalue weighted by Crippen LogP contribution is 2.25. The van der Waals surface area contributed by atoms with Crippen LogP contribution in [0.1, 0.15) is 51.4 Å². The van der Waals surface area contributed by atoms with Crippen LogP contribution >= 0.6 is 23.2 Å². The number of alkyl halides is 2. The molecule has 17 heavy (non-hydrogen) atoms. The Balaban J connectivity index is 1.75. The molecule has 0 heterocycles. The van der Waals surface area contributed by atoms with Crippen molar-refractivity contribution in [2.45, 2.75) is 74.2 Å². The molecule has 0 amide bonds. The Morgan fingerprint density at radius 3 is 1.35 bits per heavy atom. The Hall–Kier alpha value is -0.0400. The van der Waals surface area contributed by atoms with E-state index in [1.54, 1.807) is 0 Å². The van der Waals surface area contributed by atoms with Crippen LogP contribution in [0.5, 0.6) is 0 Å². The molecule has 2 aliphatic rings. The molecule has 0 aliphatic heterocycles. The summed E-state index contributed by atoms with van der Waals surface area (Å²) in [5.74, 6) is 0. The third kappa shape index (κ3) is 4.62. The lowest BCUT2D eigenvalue weighted by Crippen LogP contribution is -2.18. The molecule has 2 nitrogen and oxygen atoms in total. The summed E-state index contributed by atoms with van der Waals surface area (Å²) in [5.41, 5.74) is 0. The molecule has 0 unspecified atom stereocenters. The van der Waals surface area contributed by atoms with Crippen molar-refractivity contribution in [3.05, 3.63) is 0 Å². The lowest BCUT2D eigenvalue weighted by Gasteiger charge is -2.21. The number of aliphatic imine (C=N–C) groups is 2. The molecule has 0 spiro atoms. The van der Waals surface area contributed by atoms with Crippen LogP contribution in [-0.2, 0) is 0 Å². The summed E-state index contributed by atoms with van der Waals surface area (Å²) in [7, 11) is 0. The second-order valence-corrected chi connectivity index (χ2v) is 6.40. The van der Waals surface area contributed by atoms with Gasteiger partial charge in [0, 0.05) is 10.8 Å². The average Bonchev–Trinajstić information content (AvgIpc) is 2.34. The minimum Gasteiger partial charge on any atom is -0.222 e. The first-order valence-corrected chi connectivity index (χ1v) is 7.54. The van der Waals surface area contributed by atoms with Gasteiger partial charge in [0.2, 0.25) is 0 Å². The van der Waals surface area contributed by atoms with Crippen molar-refractivity contribution in [3.8, 4) is 0 Å². The van der Waals surface area contributed by atoms with E-state index < -0.39 is 0 Å². The molecule has 0 aromatic rings. The van der Waals surface area contributed by atoms with Crippen LogP contribution in [0, 0.1) is 0 Å². The van der Waals surface area contributed by atoms with E-state index in [4.69, 9.17) is 23.2 Å². The van der Waals surface area contributed by atoms with Crippen molar-refractivity contribution in [1.29, 1.82) is 0 Å². The Kier molecular flexibility index (Phi) is 5.34. The van der Waals surface area contributed by atoms with Crippen LogP contribution in [0.25, 0.3) is 0 Å². The number of halogens is 2. The molecule has 2 fully saturated rings. The molecule has 0 radical (unpaired) electrons. The Morgan fingerprint density at radius 2 is 1.00 bits per heavy atom. The lowest BCUT2D eigenvalue weighted by molar-refractivity contribution is 0.443. The van der Waals surface area contributed by atoms with Gasteiger partial charge in [-0.15, -0.1) is 23.2 Å². The fraction of sp³-hybridized carbons (Fsp3) is 0.923. The lowest BCUT2D eigenvalue weighted by atomic mass is 9.95. The molecule has 0 aromatic heterocycles. The van der Waals surface area contributed by atoms with Crippen molar-refractivity contribution >= 4 is 29.2 Å². The van der Waals surface area contributed by atoms with Crippen LogP contribution in [0.3, 0.4) is 0 Å². The molecule has 96 valence electrons. The molecule has 2 rings (SSSR count). The van der Waals surface area contributed by atoms with Gasteiger partial charge in [-0.2, -0.15) is 0 Å². The van der Waals surface area contributed by atoms with Crippen molar-refractivity contribution in [2.75, 3.05) is 0 Å². The van der Waals surface area contributed by atoms with Crippen molar-refractivity contribution in [2.24, 2.45) is 9.98 Å². The molecule has 2 aliphatic carbocycles. The van der Waals surface area contributed by atoms with Gasteiger partial charge in [0.15, 0.2) is 0 Å². The third-order valence-corrected chi connectivity index (χ3v) is 4.61. The molecular weight excluding hydrogens is 255 g/mol. The van der Waals surface area contributed by atoms with Gasteiger partial charge in [-0.05, 0) is 51.4 Å². The van der Waals surface area contributed by atoms with Gasteiger partial charge < -0.3 is 0 Å². The zero-order valence-corrected chi connectivity index (χ0v) is 11.6. The first-order valence-electron chi connectivity index (χ1n) is 6.67. The first-order chi connectivity index (χ1) is 8.24. The normalized spacial score (nSPS) is 38.2. The molecule has 0 N–H and O–H groups in total. The molecule has 2 saturated carbocycles. The highest BCUT2D eigenvalue weighted by molar-refractivity contribution is 6.20. The third-order valence-electron chi connectivity index (χ3n) is 3.73. The zero-order valence-electron chi connectivity index (χ0n) is 10.1. The largest absolute Gasteiger partial charge is 0.222 e. The minimum atomic E-state index is 0.359. The number of hydrogen-bond donors (Lipinski definition) is 0. The molecular formula is C13H20Cl2N2. The van der Waals surface area contributed by atoms with E-state index in [1.165, 1.54) is 0 Å². The number of rotatable bonds is 2. The van der Waals surface area contributed by atoms with E-state index in [1.807, 2.05) is 0 Å². The van der Waals surface area contributed by atoms with Crippen LogP contribution in [0.4, 0.5) is 0 Å². The number of nitrogens with zero attached hydrogens (tertiary/aromatic N) is 2. The van der Waals surface area contributed by atoms with Crippen LogP contribution in [0.15, 0.2) is 9.98 Å². The quantitative estimate of drug-likeness (QED) is 0.531. The van der Waals surface area contributed by atoms with Crippen LogP contribution in [-0.4, -0.2) is 28.8 Å². The zero-order chi connectivity index (χ0) is 12.1. The van der Waals surface area contributed by atoms with Crippen molar-refractivity contribution in [3.63, 3.8) is 0 Å². The van der Waals surface area contributed by atoms with E-state index in [-0.39, 0.29) is 0 Å². The maximum Gasteiger partial charge on any atom is 0.0898 e. The fourth-order valence-corrected chi connectivity index (χ4v) is 3.03. The van der Waals surface area contributed by atoms with Crippen molar-refractivity contribution in [1.82, 2.24) is 0 Å². The predicted octanol–water partition coefficient (Wildman–Crippen LogP) is 4.26. The summed E-state index contributed by atoms with van der Waals surface area (Å²) in [6.45, 7) is 0.